The molecule has 0 amide bonds. The molecule has 0 fully saturated rings. The SMILES string of the molecule is CC#CCCCOCCOCCOc1ccc(CC(=O)OC(C)(C)C)cc1.CC#CCCCOCCOCCOc1ccc([NH3+])cc1.Cl.[Cl-]. The van der Waals surface area contributed by atoms with Crippen LogP contribution in [0.2, 0.25) is 0 Å². The molecule has 0 spiro atoms. The number of hydrogen-bond donors (Lipinski definition) is 1. The first-order valence-electron chi connectivity index (χ1n) is 16.3. The third kappa shape index (κ3) is 30.8. The number of unbranched alkanes of at least 4 members (excludes halogenated alkanes) is 2. The normalized spacial score (nSPS) is 10.0. The van der Waals surface area contributed by atoms with Crippen molar-refractivity contribution < 1.29 is 56.1 Å². The molecule has 0 saturated carbocycles. The van der Waals surface area contributed by atoms with Crippen molar-refractivity contribution >= 4 is 24.1 Å². The number of ether oxygens (including phenoxy) is 7. The smallest absolute Gasteiger partial charge is 0.310 e. The summed E-state index contributed by atoms with van der Waals surface area (Å²) in [6.07, 6.45) is 3.96. The van der Waals surface area contributed by atoms with E-state index in [4.69, 9.17) is 33.2 Å². The van der Waals surface area contributed by atoms with Crippen LogP contribution in [0.15, 0.2) is 48.5 Å². The molecule has 0 aliphatic heterocycles. The van der Waals surface area contributed by atoms with Crippen LogP contribution >= 0.6 is 12.4 Å². The monoisotopic (exact) mass is 725 g/mol. The molecule has 276 valence electrons. The van der Waals surface area contributed by atoms with Crippen LogP contribution in [0.5, 0.6) is 11.5 Å². The second kappa shape index (κ2) is 32.2. The van der Waals surface area contributed by atoms with Crippen molar-refractivity contribution in [1.29, 1.82) is 0 Å². The Kier molecular flexibility index (Phi) is 31.7. The zero-order chi connectivity index (χ0) is 34.4. The van der Waals surface area contributed by atoms with Gasteiger partial charge in [0.05, 0.1) is 46.1 Å². The highest BCUT2D eigenvalue weighted by Crippen LogP contribution is 2.15. The van der Waals surface area contributed by atoms with Crippen molar-refractivity contribution in [2.24, 2.45) is 0 Å². The fourth-order valence-electron chi connectivity index (χ4n) is 3.69. The Balaban J connectivity index is 0. The third-order valence-corrected chi connectivity index (χ3v) is 5.89. The van der Waals surface area contributed by atoms with Crippen LogP contribution in [-0.2, 0) is 34.9 Å². The molecule has 9 nitrogen and oxygen atoms in total. The standard InChI is InChI=1S/C22H32O5.C16H23NO3.2ClH/c1-5-6-7-8-13-24-14-15-25-16-17-26-20-11-9-19(10-12-20)18-21(23)27-22(2,3)4;1-2-3-4-5-10-18-11-12-19-13-14-20-16-8-6-15(17)7-9-16;;/h9-12H,7-8,13-18H2,1-4H3;6-9H,4-5,10-14,17H2,1H3;2*1H. The van der Waals surface area contributed by atoms with Gasteiger partial charge in [0.15, 0.2) is 0 Å². The molecule has 0 heterocycles. The minimum Gasteiger partial charge on any atom is -1.00 e. The van der Waals surface area contributed by atoms with E-state index in [1.54, 1.807) is 0 Å². The average Bonchev–Trinajstić information content (AvgIpc) is 3.03. The van der Waals surface area contributed by atoms with E-state index >= 15 is 0 Å². The summed E-state index contributed by atoms with van der Waals surface area (Å²) in [6, 6.07) is 15.1. The van der Waals surface area contributed by atoms with Gasteiger partial charge in [0.25, 0.3) is 0 Å². The van der Waals surface area contributed by atoms with Crippen molar-refractivity contribution in [3.8, 4) is 35.2 Å². The molecule has 0 aliphatic rings. The molecule has 0 atom stereocenters. The van der Waals surface area contributed by atoms with Crippen molar-refractivity contribution in [1.82, 2.24) is 0 Å². The lowest BCUT2D eigenvalue weighted by Crippen LogP contribution is -3.00. The van der Waals surface area contributed by atoms with Gasteiger partial charge in [-0.3, -0.25) is 4.79 Å². The summed E-state index contributed by atoms with van der Waals surface area (Å²) in [5.41, 5.74) is 5.24. The van der Waals surface area contributed by atoms with Gasteiger partial charge in [-0.25, -0.2) is 0 Å². The Morgan fingerprint density at radius 2 is 1.02 bits per heavy atom. The van der Waals surface area contributed by atoms with Crippen LogP contribution in [-0.4, -0.2) is 77.6 Å². The predicted molar refractivity (Wildman–Crippen MR) is 192 cm³/mol. The van der Waals surface area contributed by atoms with Crippen LogP contribution in [0.3, 0.4) is 0 Å². The summed E-state index contributed by atoms with van der Waals surface area (Å²) in [6.45, 7) is 15.2. The van der Waals surface area contributed by atoms with Crippen LogP contribution in [0.1, 0.15) is 65.9 Å². The number of benzene rings is 2. The minimum absolute atomic E-state index is 0. The zero-order valence-corrected chi connectivity index (χ0v) is 31.6. The lowest BCUT2D eigenvalue weighted by atomic mass is 10.1. The molecule has 3 N–H and O–H groups in total. The Hall–Kier alpha value is -2.99. The first kappa shape index (κ1) is 48.1. The van der Waals surface area contributed by atoms with Gasteiger partial charge in [0.1, 0.15) is 36.0 Å². The average molecular weight is 727 g/mol. The number of halogens is 2. The molecule has 2 aromatic carbocycles. The van der Waals surface area contributed by atoms with Crippen molar-refractivity contribution in [3.63, 3.8) is 0 Å². The van der Waals surface area contributed by atoms with E-state index in [2.05, 4.69) is 29.4 Å². The molecule has 2 aromatic rings. The Morgan fingerprint density at radius 3 is 1.43 bits per heavy atom. The summed E-state index contributed by atoms with van der Waals surface area (Å²) < 4.78 is 38.2. The van der Waals surface area contributed by atoms with Gasteiger partial charge < -0.3 is 51.3 Å². The van der Waals surface area contributed by atoms with Gasteiger partial charge in [-0.2, -0.15) is 0 Å². The van der Waals surface area contributed by atoms with Gasteiger partial charge in [0, 0.05) is 38.2 Å². The highest BCUT2D eigenvalue weighted by atomic mass is 35.5. The molecule has 0 aromatic heterocycles. The Labute approximate surface area is 307 Å². The number of hydrogen-bond acceptors (Lipinski definition) is 8. The predicted octanol–water partition coefficient (Wildman–Crippen LogP) is 2.99. The lowest BCUT2D eigenvalue weighted by Gasteiger charge is -2.19. The molecule has 0 aliphatic carbocycles. The summed E-state index contributed by atoms with van der Waals surface area (Å²) in [5, 5.41) is 0. The number of rotatable bonds is 22. The maximum absolute atomic E-state index is 11.8. The molecule has 2 rings (SSSR count). The quantitative estimate of drug-likeness (QED) is 0.112. The maximum atomic E-state index is 11.8. The molecule has 11 heteroatoms. The van der Waals surface area contributed by atoms with E-state index in [-0.39, 0.29) is 37.2 Å². The van der Waals surface area contributed by atoms with E-state index in [0.717, 1.165) is 55.0 Å². The van der Waals surface area contributed by atoms with Gasteiger partial charge in [0.2, 0.25) is 0 Å². The summed E-state index contributed by atoms with van der Waals surface area (Å²) in [4.78, 5) is 11.8. The van der Waals surface area contributed by atoms with Crippen LogP contribution in [0.4, 0.5) is 5.69 Å². The van der Waals surface area contributed by atoms with E-state index < -0.39 is 5.60 Å². The highest BCUT2D eigenvalue weighted by Gasteiger charge is 2.16. The number of carbonyl (C=O) groups excluding carboxylic acids is 1. The summed E-state index contributed by atoms with van der Waals surface area (Å²) >= 11 is 0. The highest BCUT2D eigenvalue weighted by molar-refractivity contribution is 5.85. The zero-order valence-electron chi connectivity index (χ0n) is 30.0. The molecule has 49 heavy (non-hydrogen) atoms. The molecular formula is C38H57Cl2NO8. The molecular weight excluding hydrogens is 669 g/mol. The van der Waals surface area contributed by atoms with Crippen LogP contribution in [0, 0.1) is 23.7 Å². The van der Waals surface area contributed by atoms with E-state index in [1.807, 2.05) is 83.1 Å². The molecule has 0 radical (unpaired) electrons. The molecule has 0 saturated heterocycles. The largest absolute Gasteiger partial charge is 1.00 e. The first-order chi connectivity index (χ1) is 22.7. The first-order valence-corrected chi connectivity index (χ1v) is 16.3. The fourth-order valence-corrected chi connectivity index (χ4v) is 3.69. The van der Waals surface area contributed by atoms with Gasteiger partial charge in [-0.05, 0) is 77.3 Å². The Bertz CT molecular complexity index is 1200. The fraction of sp³-hybridized carbons (Fsp3) is 0.553. The third-order valence-electron chi connectivity index (χ3n) is 5.89. The van der Waals surface area contributed by atoms with Gasteiger partial charge in [-0.15, -0.1) is 36.1 Å². The van der Waals surface area contributed by atoms with E-state index in [0.29, 0.717) is 59.5 Å². The number of carbonyl (C=O) groups is 1. The van der Waals surface area contributed by atoms with Crippen molar-refractivity contribution in [2.45, 2.75) is 72.3 Å². The lowest BCUT2D eigenvalue weighted by molar-refractivity contribution is -0.254. The Morgan fingerprint density at radius 1 is 0.633 bits per heavy atom. The van der Waals surface area contributed by atoms with E-state index in [1.165, 1.54) is 0 Å². The topological polar surface area (TPSA) is 109 Å². The van der Waals surface area contributed by atoms with Crippen LogP contribution in [0.25, 0.3) is 0 Å². The summed E-state index contributed by atoms with van der Waals surface area (Å²) in [5.74, 6) is 13.1. The maximum Gasteiger partial charge on any atom is 0.310 e. The second-order valence-electron chi connectivity index (χ2n) is 11.3. The van der Waals surface area contributed by atoms with Crippen molar-refractivity contribution in [2.75, 3.05) is 66.1 Å². The number of quaternary nitrogens is 1. The van der Waals surface area contributed by atoms with Gasteiger partial charge >= 0.3 is 5.97 Å². The van der Waals surface area contributed by atoms with Crippen LogP contribution < -0.4 is 27.6 Å². The second-order valence-corrected chi connectivity index (χ2v) is 11.3. The molecule has 0 unspecified atom stereocenters. The molecule has 0 bridgehead atoms. The summed E-state index contributed by atoms with van der Waals surface area (Å²) in [7, 11) is 0. The van der Waals surface area contributed by atoms with Gasteiger partial charge in [-0.1, -0.05) is 12.1 Å². The minimum atomic E-state index is -0.463. The van der Waals surface area contributed by atoms with Crippen molar-refractivity contribution in [3.05, 3.63) is 54.1 Å². The van der Waals surface area contributed by atoms with E-state index in [9.17, 15) is 4.79 Å². The number of esters is 1.